The Morgan fingerprint density at radius 1 is 1.07 bits per heavy atom. The molecular formula is C32H42N2O9. The molecule has 1 N–H and O–H groups in total. The van der Waals surface area contributed by atoms with E-state index in [1.54, 1.807) is 13.8 Å². The van der Waals surface area contributed by atoms with Crippen molar-refractivity contribution < 1.29 is 42.8 Å². The average molecular weight is 599 g/mol. The van der Waals surface area contributed by atoms with Gasteiger partial charge >= 0.3 is 11.9 Å². The summed E-state index contributed by atoms with van der Waals surface area (Å²) in [5, 5.41) is 2.58. The number of benzene rings is 1. The average Bonchev–Trinajstić information content (AvgIpc) is 3.02. The van der Waals surface area contributed by atoms with Gasteiger partial charge in [0, 0.05) is 18.9 Å². The molecule has 1 aromatic heterocycles. The van der Waals surface area contributed by atoms with Crippen molar-refractivity contribution in [2.75, 3.05) is 33.7 Å². The number of rotatable bonds is 12. The topological polar surface area (TPSA) is 132 Å². The first-order valence-electron chi connectivity index (χ1n) is 14.3. The van der Waals surface area contributed by atoms with Gasteiger partial charge in [0.05, 0.1) is 19.3 Å². The van der Waals surface area contributed by atoms with Crippen LogP contribution in [0.2, 0.25) is 0 Å². The molecule has 0 bridgehead atoms. The lowest BCUT2D eigenvalue weighted by Gasteiger charge is -2.27. The number of hydrogen-bond donors (Lipinski definition) is 1. The molecule has 0 aliphatic carbocycles. The third kappa shape index (κ3) is 9.26. The number of nitrogens with one attached hydrogen (secondary N) is 1. The minimum absolute atomic E-state index is 0.0407. The number of hydrogen-bond acceptors (Lipinski definition) is 10. The van der Waals surface area contributed by atoms with Crippen LogP contribution in [0.5, 0.6) is 11.5 Å². The third-order valence-electron chi connectivity index (χ3n) is 6.46. The quantitative estimate of drug-likeness (QED) is 0.164. The van der Waals surface area contributed by atoms with Gasteiger partial charge in [0.25, 0.3) is 5.91 Å². The second-order valence-electron chi connectivity index (χ2n) is 11.0. The molecule has 2 heterocycles. The number of carbonyl (C=O) groups excluding carboxylic acids is 3. The number of amides is 1. The minimum Gasteiger partial charge on any atom is -0.493 e. The standard InChI is InChI=1S/C32H42N2O9/c1-19(2)15-39-18-42-29-25(38-7)13-14-33-27(29)30(35)34-24-17-41-32(37)26(21(5)23-11-9-8-10-12-23)28(40-16-20(3)4)22(6)43-31(24)36/h8-14,19-20,22,24,28H,15-18H2,1-7H3,(H,34,35)/b26-21+/t22-,24-,28-/m0/s1. The number of esters is 2. The summed E-state index contributed by atoms with van der Waals surface area (Å²) in [7, 11) is 1.43. The smallest absolute Gasteiger partial charge is 0.337 e. The van der Waals surface area contributed by atoms with Crippen LogP contribution in [0.4, 0.5) is 0 Å². The van der Waals surface area contributed by atoms with Crippen molar-refractivity contribution in [3.8, 4) is 11.5 Å². The molecule has 234 valence electrons. The Hall–Kier alpha value is -3.96. The van der Waals surface area contributed by atoms with Gasteiger partial charge in [-0.15, -0.1) is 0 Å². The molecule has 3 atom stereocenters. The molecule has 3 rings (SSSR count). The van der Waals surface area contributed by atoms with Crippen LogP contribution < -0.4 is 14.8 Å². The summed E-state index contributed by atoms with van der Waals surface area (Å²) in [4.78, 5) is 44.4. The zero-order valence-electron chi connectivity index (χ0n) is 25.9. The molecule has 0 unspecified atom stereocenters. The van der Waals surface area contributed by atoms with E-state index in [-0.39, 0.29) is 41.4 Å². The lowest BCUT2D eigenvalue weighted by atomic mass is 9.95. The van der Waals surface area contributed by atoms with E-state index < -0.39 is 42.7 Å². The van der Waals surface area contributed by atoms with Crippen LogP contribution in [-0.2, 0) is 28.5 Å². The van der Waals surface area contributed by atoms with Crippen molar-refractivity contribution in [3.05, 3.63) is 59.4 Å². The Morgan fingerprint density at radius 3 is 2.42 bits per heavy atom. The number of allylic oxidation sites excluding steroid dienone is 1. The fourth-order valence-corrected chi connectivity index (χ4v) is 4.31. The van der Waals surface area contributed by atoms with Crippen molar-refractivity contribution in [2.45, 2.75) is 59.8 Å². The molecule has 1 aromatic carbocycles. The Bertz CT molecular complexity index is 1280. The van der Waals surface area contributed by atoms with E-state index >= 15 is 0 Å². The summed E-state index contributed by atoms with van der Waals surface area (Å²) in [6, 6.07) is 9.54. The van der Waals surface area contributed by atoms with Crippen molar-refractivity contribution in [3.63, 3.8) is 0 Å². The molecule has 11 heteroatoms. The molecule has 0 radical (unpaired) electrons. The van der Waals surface area contributed by atoms with E-state index in [9.17, 15) is 14.4 Å². The molecule has 0 saturated carbocycles. The van der Waals surface area contributed by atoms with Gasteiger partial charge in [0.1, 0.15) is 18.8 Å². The molecule has 1 fully saturated rings. The highest BCUT2D eigenvalue weighted by Crippen LogP contribution is 2.30. The fraction of sp³-hybridized carbons (Fsp3) is 0.500. The molecule has 11 nitrogen and oxygen atoms in total. The zero-order valence-corrected chi connectivity index (χ0v) is 25.9. The van der Waals surface area contributed by atoms with E-state index in [0.717, 1.165) is 5.56 Å². The highest BCUT2D eigenvalue weighted by Gasteiger charge is 2.38. The number of pyridine rings is 1. The second-order valence-corrected chi connectivity index (χ2v) is 11.0. The molecular weight excluding hydrogens is 556 g/mol. The predicted molar refractivity (Wildman–Crippen MR) is 158 cm³/mol. The van der Waals surface area contributed by atoms with Gasteiger partial charge in [-0.25, -0.2) is 14.6 Å². The van der Waals surface area contributed by atoms with Crippen molar-refractivity contribution in [2.24, 2.45) is 11.8 Å². The summed E-state index contributed by atoms with van der Waals surface area (Å²) < 4.78 is 34.0. The first-order valence-corrected chi connectivity index (χ1v) is 14.3. The first-order chi connectivity index (χ1) is 20.5. The van der Waals surface area contributed by atoms with Crippen LogP contribution in [0.3, 0.4) is 0 Å². The molecule has 1 aliphatic heterocycles. The molecule has 0 spiro atoms. The maximum Gasteiger partial charge on any atom is 0.337 e. The van der Waals surface area contributed by atoms with E-state index in [0.29, 0.717) is 18.8 Å². The van der Waals surface area contributed by atoms with Crippen LogP contribution in [0.15, 0.2) is 48.2 Å². The van der Waals surface area contributed by atoms with Gasteiger partial charge < -0.3 is 33.7 Å². The van der Waals surface area contributed by atoms with Gasteiger partial charge in [-0.1, -0.05) is 58.0 Å². The maximum absolute atomic E-state index is 13.6. The predicted octanol–water partition coefficient (Wildman–Crippen LogP) is 4.20. The van der Waals surface area contributed by atoms with Gasteiger partial charge in [0.2, 0.25) is 0 Å². The van der Waals surface area contributed by atoms with E-state index in [1.807, 2.05) is 58.0 Å². The largest absolute Gasteiger partial charge is 0.493 e. The molecule has 1 amide bonds. The molecule has 1 aliphatic rings. The summed E-state index contributed by atoms with van der Waals surface area (Å²) in [6.45, 7) is 11.5. The second kappa shape index (κ2) is 16.0. The summed E-state index contributed by atoms with van der Waals surface area (Å²) in [6.07, 6.45) is -0.407. The van der Waals surface area contributed by atoms with Crippen LogP contribution in [0.25, 0.3) is 5.57 Å². The Morgan fingerprint density at radius 2 is 1.77 bits per heavy atom. The zero-order chi connectivity index (χ0) is 31.5. The van der Waals surface area contributed by atoms with Crippen molar-refractivity contribution in [1.82, 2.24) is 10.3 Å². The van der Waals surface area contributed by atoms with Crippen LogP contribution in [-0.4, -0.2) is 74.8 Å². The lowest BCUT2D eigenvalue weighted by Crippen LogP contribution is -2.46. The van der Waals surface area contributed by atoms with E-state index in [2.05, 4.69) is 10.3 Å². The summed E-state index contributed by atoms with van der Waals surface area (Å²) >= 11 is 0. The van der Waals surface area contributed by atoms with Crippen LogP contribution in [0, 0.1) is 11.8 Å². The van der Waals surface area contributed by atoms with E-state index in [1.165, 1.54) is 19.4 Å². The molecule has 43 heavy (non-hydrogen) atoms. The van der Waals surface area contributed by atoms with E-state index in [4.69, 9.17) is 28.4 Å². The Labute approximate surface area is 252 Å². The van der Waals surface area contributed by atoms with Crippen molar-refractivity contribution >= 4 is 23.4 Å². The SMILES string of the molecule is COc1ccnc(C(=O)N[C@H]2COC(=O)/C(=C(\C)c3ccccc3)[C@@H](OCC(C)C)[C@H](C)OC2=O)c1OCOCC(C)C. The van der Waals surface area contributed by atoms with Crippen LogP contribution in [0.1, 0.15) is 57.6 Å². The first kappa shape index (κ1) is 33.5. The summed E-state index contributed by atoms with van der Waals surface area (Å²) in [5.74, 6) is -1.50. The Balaban J connectivity index is 1.89. The van der Waals surface area contributed by atoms with Crippen molar-refractivity contribution in [1.29, 1.82) is 0 Å². The molecule has 1 saturated heterocycles. The highest BCUT2D eigenvalue weighted by atomic mass is 16.7. The van der Waals surface area contributed by atoms with Crippen LogP contribution >= 0.6 is 0 Å². The highest BCUT2D eigenvalue weighted by molar-refractivity contribution is 6.00. The van der Waals surface area contributed by atoms with Gasteiger partial charge in [-0.05, 0) is 36.8 Å². The van der Waals surface area contributed by atoms with Gasteiger partial charge in [0.15, 0.2) is 30.0 Å². The normalized spacial score (nSPS) is 20.4. The summed E-state index contributed by atoms with van der Waals surface area (Å²) in [5.41, 5.74) is 1.53. The lowest BCUT2D eigenvalue weighted by molar-refractivity contribution is -0.157. The number of nitrogens with zero attached hydrogens (tertiary/aromatic N) is 1. The van der Waals surface area contributed by atoms with Gasteiger partial charge in [-0.3, -0.25) is 4.79 Å². The number of carbonyl (C=O) groups is 3. The van der Waals surface area contributed by atoms with Gasteiger partial charge in [-0.2, -0.15) is 0 Å². The number of ether oxygens (including phenoxy) is 6. The third-order valence-corrected chi connectivity index (χ3v) is 6.46. The maximum atomic E-state index is 13.6. The number of cyclic esters (lactones) is 2. The Kier molecular flexibility index (Phi) is 12.5. The number of aromatic nitrogens is 1. The fourth-order valence-electron chi connectivity index (χ4n) is 4.31. The monoisotopic (exact) mass is 598 g/mol. The molecule has 2 aromatic rings. The minimum atomic E-state index is -1.33. The number of methoxy groups -OCH3 is 1.